The fraction of sp³-hybridized carbons (Fsp3) is 1.00. The first-order valence-corrected chi connectivity index (χ1v) is 9.77. The van der Waals surface area contributed by atoms with Crippen LogP contribution in [0.2, 0.25) is 0 Å². The Morgan fingerprint density at radius 2 is 1.03 bits per heavy atom. The minimum atomic E-state index is -1.20. The molecule has 0 bridgehead atoms. The first kappa shape index (κ1) is 25.8. The van der Waals surface area contributed by atoms with Gasteiger partial charge in [-0.3, -0.25) is 0 Å². The van der Waals surface area contributed by atoms with E-state index in [1.54, 1.807) is 28.4 Å². The standard InChI is InChI=1S/C19H36O11/c1-21-8-10-12(23-3)14(24-4)17(27-7)19(29-10)30-13-11(9-22-2)28-18(20)16(26-6)15(13)25-5/h10-20H,8-9H2,1-7H3/t10?,11?,12?,13-,14?,15?,16?,17?,18?,19-/m0/s1. The van der Waals surface area contributed by atoms with Crippen LogP contribution < -0.4 is 0 Å². The van der Waals surface area contributed by atoms with E-state index in [2.05, 4.69) is 0 Å². The van der Waals surface area contributed by atoms with Crippen LogP contribution in [0.25, 0.3) is 0 Å². The predicted octanol–water partition coefficient (Wildman–Crippen LogP) is -0.818. The zero-order valence-electron chi connectivity index (χ0n) is 18.7. The summed E-state index contributed by atoms with van der Waals surface area (Å²) in [5.41, 5.74) is 0. The lowest BCUT2D eigenvalue weighted by atomic mass is 9.96. The van der Waals surface area contributed by atoms with E-state index in [1.165, 1.54) is 21.3 Å². The number of hydrogen-bond acceptors (Lipinski definition) is 11. The fourth-order valence-electron chi connectivity index (χ4n) is 4.12. The minimum Gasteiger partial charge on any atom is -0.382 e. The molecule has 1 N–H and O–H groups in total. The van der Waals surface area contributed by atoms with Crippen LogP contribution in [0.3, 0.4) is 0 Å². The van der Waals surface area contributed by atoms with Gasteiger partial charge in [-0.2, -0.15) is 0 Å². The van der Waals surface area contributed by atoms with Crippen LogP contribution in [-0.2, 0) is 47.4 Å². The number of aliphatic hydroxyl groups excluding tert-OH is 1. The van der Waals surface area contributed by atoms with Crippen LogP contribution in [0.1, 0.15) is 0 Å². The Bertz CT molecular complexity index is 481. The Morgan fingerprint density at radius 1 is 0.567 bits per heavy atom. The van der Waals surface area contributed by atoms with Gasteiger partial charge in [-0.15, -0.1) is 0 Å². The van der Waals surface area contributed by atoms with E-state index in [0.29, 0.717) is 0 Å². The largest absolute Gasteiger partial charge is 0.382 e. The molecule has 0 saturated carbocycles. The summed E-state index contributed by atoms with van der Waals surface area (Å²) >= 11 is 0. The van der Waals surface area contributed by atoms with Gasteiger partial charge in [0.05, 0.1) is 13.2 Å². The van der Waals surface area contributed by atoms with Gasteiger partial charge in [0.2, 0.25) is 0 Å². The number of aliphatic hydroxyl groups is 1. The Kier molecular flexibility index (Phi) is 10.8. The van der Waals surface area contributed by atoms with E-state index < -0.39 is 61.4 Å². The summed E-state index contributed by atoms with van der Waals surface area (Å²) in [5.74, 6) is 0. The van der Waals surface area contributed by atoms with Gasteiger partial charge in [0.15, 0.2) is 12.6 Å². The molecule has 2 aliphatic heterocycles. The van der Waals surface area contributed by atoms with Crippen molar-refractivity contribution in [2.24, 2.45) is 0 Å². The molecule has 0 radical (unpaired) electrons. The van der Waals surface area contributed by atoms with Gasteiger partial charge < -0.3 is 52.5 Å². The summed E-state index contributed by atoms with van der Waals surface area (Å²) in [6.07, 6.45) is -6.77. The monoisotopic (exact) mass is 440 g/mol. The number of ether oxygens (including phenoxy) is 10. The lowest BCUT2D eigenvalue weighted by molar-refractivity contribution is -0.363. The normalized spacial score (nSPS) is 42.4. The molecule has 2 aliphatic rings. The summed E-state index contributed by atoms with van der Waals surface area (Å²) < 4.78 is 56.6. The highest BCUT2D eigenvalue weighted by molar-refractivity contribution is 4.96. The van der Waals surface area contributed by atoms with E-state index in [1.807, 2.05) is 0 Å². The zero-order chi connectivity index (χ0) is 22.3. The molecule has 8 unspecified atom stereocenters. The van der Waals surface area contributed by atoms with E-state index in [-0.39, 0.29) is 13.2 Å². The van der Waals surface area contributed by atoms with Crippen molar-refractivity contribution in [1.82, 2.24) is 0 Å². The summed E-state index contributed by atoms with van der Waals surface area (Å²) in [4.78, 5) is 0. The van der Waals surface area contributed by atoms with E-state index >= 15 is 0 Å². The summed E-state index contributed by atoms with van der Waals surface area (Å²) in [5, 5.41) is 10.3. The predicted molar refractivity (Wildman–Crippen MR) is 102 cm³/mol. The van der Waals surface area contributed by atoms with E-state index in [0.717, 1.165) is 0 Å². The molecule has 10 atom stereocenters. The number of rotatable bonds is 11. The van der Waals surface area contributed by atoms with Crippen molar-refractivity contribution in [2.75, 3.05) is 63.0 Å². The second-order valence-corrected chi connectivity index (χ2v) is 7.12. The molecule has 0 aromatic carbocycles. The van der Waals surface area contributed by atoms with Crippen molar-refractivity contribution in [1.29, 1.82) is 0 Å². The summed E-state index contributed by atoms with van der Waals surface area (Å²) in [6, 6.07) is 0. The first-order chi connectivity index (χ1) is 14.5. The van der Waals surface area contributed by atoms with Gasteiger partial charge in [0.1, 0.15) is 48.8 Å². The topological polar surface area (TPSA) is 113 Å². The summed E-state index contributed by atoms with van der Waals surface area (Å²) in [6.45, 7) is 0.433. The second kappa shape index (κ2) is 12.6. The molecule has 0 aromatic rings. The highest BCUT2D eigenvalue weighted by Gasteiger charge is 2.52. The number of methoxy groups -OCH3 is 7. The van der Waals surface area contributed by atoms with Crippen LogP contribution in [-0.4, -0.2) is 130 Å². The first-order valence-electron chi connectivity index (χ1n) is 9.77. The fourth-order valence-corrected chi connectivity index (χ4v) is 4.12. The third-order valence-electron chi connectivity index (χ3n) is 5.51. The molecule has 0 amide bonds. The average molecular weight is 440 g/mol. The molecule has 11 nitrogen and oxygen atoms in total. The Balaban J connectivity index is 2.31. The quantitative estimate of drug-likeness (QED) is 0.435. The lowest BCUT2D eigenvalue weighted by Gasteiger charge is -2.48. The van der Waals surface area contributed by atoms with Crippen LogP contribution in [0, 0.1) is 0 Å². The van der Waals surface area contributed by atoms with Crippen molar-refractivity contribution in [3.8, 4) is 0 Å². The third-order valence-corrected chi connectivity index (χ3v) is 5.51. The molecule has 2 heterocycles. The third kappa shape index (κ3) is 5.48. The molecule has 0 aliphatic carbocycles. The van der Waals surface area contributed by atoms with Crippen LogP contribution >= 0.6 is 0 Å². The van der Waals surface area contributed by atoms with Crippen molar-refractivity contribution < 1.29 is 52.5 Å². The van der Waals surface area contributed by atoms with Crippen LogP contribution in [0.5, 0.6) is 0 Å². The maximum atomic E-state index is 10.3. The average Bonchev–Trinajstić information content (AvgIpc) is 2.74. The maximum Gasteiger partial charge on any atom is 0.187 e. The van der Waals surface area contributed by atoms with Crippen molar-refractivity contribution >= 4 is 0 Å². The lowest BCUT2D eigenvalue weighted by Crippen LogP contribution is -2.65. The molecule has 2 rings (SSSR count). The zero-order valence-corrected chi connectivity index (χ0v) is 18.7. The van der Waals surface area contributed by atoms with Gasteiger partial charge in [0, 0.05) is 49.8 Å². The van der Waals surface area contributed by atoms with Gasteiger partial charge in [-0.1, -0.05) is 0 Å². The van der Waals surface area contributed by atoms with Gasteiger partial charge in [-0.05, 0) is 0 Å². The molecule has 0 aromatic heterocycles. The van der Waals surface area contributed by atoms with Gasteiger partial charge in [0.25, 0.3) is 0 Å². The molecule has 2 fully saturated rings. The van der Waals surface area contributed by atoms with Crippen molar-refractivity contribution in [3.05, 3.63) is 0 Å². The highest BCUT2D eigenvalue weighted by Crippen LogP contribution is 2.33. The van der Waals surface area contributed by atoms with Gasteiger partial charge in [-0.25, -0.2) is 0 Å². The Labute approximate surface area is 177 Å². The van der Waals surface area contributed by atoms with Crippen molar-refractivity contribution in [3.63, 3.8) is 0 Å². The highest BCUT2D eigenvalue weighted by atomic mass is 16.7. The Morgan fingerprint density at radius 3 is 1.50 bits per heavy atom. The summed E-state index contributed by atoms with van der Waals surface area (Å²) in [7, 11) is 10.8. The molecular weight excluding hydrogens is 404 g/mol. The molecule has 2 saturated heterocycles. The molecule has 178 valence electrons. The molecule has 30 heavy (non-hydrogen) atoms. The Hall–Kier alpha value is -0.440. The van der Waals surface area contributed by atoms with Crippen LogP contribution in [0.4, 0.5) is 0 Å². The molecular formula is C19H36O11. The second-order valence-electron chi connectivity index (χ2n) is 7.12. The van der Waals surface area contributed by atoms with Crippen LogP contribution in [0.15, 0.2) is 0 Å². The molecule has 11 heteroatoms. The van der Waals surface area contributed by atoms with E-state index in [4.69, 9.17) is 47.4 Å². The van der Waals surface area contributed by atoms with Crippen molar-refractivity contribution in [2.45, 2.75) is 61.4 Å². The SMILES string of the molecule is COCC1O[C@@H](O[C@H]2C(COC)OC(O)C(OC)C2OC)C(OC)C(OC)C1OC. The maximum absolute atomic E-state index is 10.3. The minimum absolute atomic E-state index is 0.165. The molecule has 0 spiro atoms. The smallest absolute Gasteiger partial charge is 0.187 e. The van der Waals surface area contributed by atoms with Gasteiger partial charge >= 0.3 is 0 Å². The number of hydrogen-bond donors (Lipinski definition) is 1. The van der Waals surface area contributed by atoms with E-state index in [9.17, 15) is 5.11 Å².